The molecule has 14 heavy (non-hydrogen) atoms. The van der Waals surface area contributed by atoms with Gasteiger partial charge in [0.1, 0.15) is 5.75 Å². The summed E-state index contributed by atoms with van der Waals surface area (Å²) in [5, 5.41) is 9.52. The van der Waals surface area contributed by atoms with Crippen molar-refractivity contribution in [3.63, 3.8) is 0 Å². The molecule has 3 heteroatoms. The summed E-state index contributed by atoms with van der Waals surface area (Å²) in [6.07, 6.45) is 0. The van der Waals surface area contributed by atoms with Crippen molar-refractivity contribution in [3.05, 3.63) is 35.7 Å². The number of rotatable bonds is 4. The van der Waals surface area contributed by atoms with Crippen molar-refractivity contribution in [3.8, 4) is 5.75 Å². The Bertz CT molecular complexity index is 299. The molecular weight excluding hydrogens is 200 g/mol. The molecule has 0 fully saturated rings. The molecule has 0 amide bonds. The summed E-state index contributed by atoms with van der Waals surface area (Å²) in [5.41, 5.74) is 0.820. The molecule has 0 bridgehead atoms. The molecule has 1 aromatic rings. The molecule has 0 aliphatic carbocycles. The van der Waals surface area contributed by atoms with Crippen LogP contribution in [-0.2, 0) is 0 Å². The zero-order valence-electron chi connectivity index (χ0n) is 8.16. The Morgan fingerprint density at radius 2 is 2.29 bits per heavy atom. The molecule has 1 N–H and O–H groups in total. The van der Waals surface area contributed by atoms with E-state index in [4.69, 9.17) is 21.4 Å². The van der Waals surface area contributed by atoms with Crippen LogP contribution in [0.25, 0.3) is 0 Å². The minimum atomic E-state index is -0.206. The summed E-state index contributed by atoms with van der Waals surface area (Å²) < 4.78 is 5.33. The summed E-state index contributed by atoms with van der Waals surface area (Å²) in [7, 11) is 0. The standard InChI is InChI=1S/C11H14ClO2/c1-3-14-10-6-4-5-9(11(10)12)8(2)7-13/h4-6,8,13H,2-3,7H2,1H3. The first-order chi connectivity index (χ1) is 6.70. The monoisotopic (exact) mass is 213 g/mol. The number of hydrogen-bond acceptors (Lipinski definition) is 2. The van der Waals surface area contributed by atoms with Crippen LogP contribution in [-0.4, -0.2) is 18.3 Å². The summed E-state index contributed by atoms with van der Waals surface area (Å²) in [4.78, 5) is 0. The third-order valence-corrected chi connectivity index (χ3v) is 2.36. The molecule has 1 unspecified atom stereocenters. The highest BCUT2D eigenvalue weighted by molar-refractivity contribution is 6.32. The molecule has 1 aromatic carbocycles. The van der Waals surface area contributed by atoms with E-state index in [9.17, 15) is 0 Å². The van der Waals surface area contributed by atoms with Crippen LogP contribution in [0.15, 0.2) is 18.2 Å². The fourth-order valence-electron chi connectivity index (χ4n) is 1.21. The summed E-state index contributed by atoms with van der Waals surface area (Å²) in [6, 6.07) is 5.50. The summed E-state index contributed by atoms with van der Waals surface area (Å²) in [6.45, 7) is 6.25. The number of halogens is 1. The van der Waals surface area contributed by atoms with Gasteiger partial charge in [0, 0.05) is 12.5 Å². The van der Waals surface area contributed by atoms with Gasteiger partial charge in [-0.05, 0) is 25.5 Å². The van der Waals surface area contributed by atoms with Gasteiger partial charge in [-0.2, -0.15) is 0 Å². The lowest BCUT2D eigenvalue weighted by molar-refractivity contribution is 0.282. The second-order valence-electron chi connectivity index (χ2n) is 2.97. The van der Waals surface area contributed by atoms with E-state index < -0.39 is 0 Å². The lowest BCUT2D eigenvalue weighted by Crippen LogP contribution is -2.01. The first kappa shape index (κ1) is 11.3. The highest BCUT2D eigenvalue weighted by atomic mass is 35.5. The first-order valence-corrected chi connectivity index (χ1v) is 4.93. The van der Waals surface area contributed by atoms with Crippen LogP contribution in [0, 0.1) is 6.92 Å². The van der Waals surface area contributed by atoms with Gasteiger partial charge in [0.15, 0.2) is 0 Å². The van der Waals surface area contributed by atoms with E-state index in [0.29, 0.717) is 17.4 Å². The van der Waals surface area contributed by atoms with E-state index in [0.717, 1.165) is 5.56 Å². The first-order valence-electron chi connectivity index (χ1n) is 4.55. The molecule has 0 heterocycles. The maximum atomic E-state index is 8.97. The van der Waals surface area contributed by atoms with Crippen molar-refractivity contribution in [1.29, 1.82) is 0 Å². The molecule has 1 radical (unpaired) electrons. The fraction of sp³-hybridized carbons (Fsp3) is 0.364. The normalized spacial score (nSPS) is 12.6. The zero-order chi connectivity index (χ0) is 10.6. The fourth-order valence-corrected chi connectivity index (χ4v) is 1.54. The van der Waals surface area contributed by atoms with Crippen molar-refractivity contribution >= 4 is 11.6 Å². The molecular formula is C11H14ClO2. The topological polar surface area (TPSA) is 29.5 Å². The average molecular weight is 214 g/mol. The third-order valence-electron chi connectivity index (χ3n) is 1.95. The molecule has 0 saturated heterocycles. The quantitative estimate of drug-likeness (QED) is 0.833. The predicted octanol–water partition coefficient (Wildman–Crippen LogP) is 2.65. The lowest BCUT2D eigenvalue weighted by atomic mass is 10.0. The Kier molecular flexibility index (Phi) is 4.23. The Morgan fingerprint density at radius 1 is 1.57 bits per heavy atom. The van der Waals surface area contributed by atoms with Crippen molar-refractivity contribution in [1.82, 2.24) is 0 Å². The highest BCUT2D eigenvalue weighted by Gasteiger charge is 2.12. The van der Waals surface area contributed by atoms with Crippen molar-refractivity contribution in [2.45, 2.75) is 12.8 Å². The SMILES string of the molecule is [CH2]C(CO)c1cccc(OCC)c1Cl. The molecule has 0 spiro atoms. The number of aliphatic hydroxyl groups is 1. The van der Waals surface area contributed by atoms with Gasteiger partial charge in [-0.15, -0.1) is 0 Å². The minimum absolute atomic E-state index is 0.0186. The molecule has 1 atom stereocenters. The predicted molar refractivity (Wildman–Crippen MR) is 57.8 cm³/mol. The van der Waals surface area contributed by atoms with E-state index in [1.165, 1.54) is 0 Å². The largest absolute Gasteiger partial charge is 0.492 e. The van der Waals surface area contributed by atoms with E-state index in [1.54, 1.807) is 6.07 Å². The van der Waals surface area contributed by atoms with E-state index in [-0.39, 0.29) is 12.5 Å². The highest BCUT2D eigenvalue weighted by Crippen LogP contribution is 2.32. The average Bonchev–Trinajstić information content (AvgIpc) is 2.20. The number of benzene rings is 1. The van der Waals surface area contributed by atoms with Gasteiger partial charge < -0.3 is 9.84 Å². The van der Waals surface area contributed by atoms with Gasteiger partial charge in [0.2, 0.25) is 0 Å². The maximum Gasteiger partial charge on any atom is 0.138 e. The number of ether oxygens (including phenoxy) is 1. The minimum Gasteiger partial charge on any atom is -0.492 e. The van der Waals surface area contributed by atoms with Crippen LogP contribution in [0.4, 0.5) is 0 Å². The van der Waals surface area contributed by atoms with Crippen LogP contribution >= 0.6 is 11.6 Å². The van der Waals surface area contributed by atoms with Crippen molar-refractivity contribution in [2.75, 3.05) is 13.2 Å². The van der Waals surface area contributed by atoms with Gasteiger partial charge in [0.05, 0.1) is 11.6 Å². The van der Waals surface area contributed by atoms with Gasteiger partial charge in [0.25, 0.3) is 0 Å². The van der Waals surface area contributed by atoms with Crippen LogP contribution < -0.4 is 4.74 Å². The lowest BCUT2D eigenvalue weighted by Gasteiger charge is -2.13. The Labute approximate surface area is 89.5 Å². The zero-order valence-corrected chi connectivity index (χ0v) is 8.92. The van der Waals surface area contributed by atoms with Gasteiger partial charge in [-0.3, -0.25) is 0 Å². The van der Waals surface area contributed by atoms with Gasteiger partial charge >= 0.3 is 0 Å². The van der Waals surface area contributed by atoms with Crippen LogP contribution in [0.3, 0.4) is 0 Å². The van der Waals surface area contributed by atoms with Gasteiger partial charge in [-0.25, -0.2) is 0 Å². The maximum absolute atomic E-state index is 8.97. The summed E-state index contributed by atoms with van der Waals surface area (Å²) >= 11 is 6.09. The second kappa shape index (κ2) is 5.23. The smallest absolute Gasteiger partial charge is 0.138 e. The van der Waals surface area contributed by atoms with E-state index in [1.807, 2.05) is 19.1 Å². The molecule has 0 saturated carbocycles. The van der Waals surface area contributed by atoms with Crippen LogP contribution in [0.2, 0.25) is 5.02 Å². The number of aliphatic hydroxyl groups excluding tert-OH is 1. The molecule has 0 aliphatic heterocycles. The summed E-state index contributed by atoms with van der Waals surface area (Å²) in [5.74, 6) is 0.441. The van der Waals surface area contributed by atoms with Crippen LogP contribution in [0.5, 0.6) is 5.75 Å². The van der Waals surface area contributed by atoms with Crippen molar-refractivity contribution in [2.24, 2.45) is 0 Å². The number of hydrogen-bond donors (Lipinski definition) is 1. The van der Waals surface area contributed by atoms with Crippen LogP contribution in [0.1, 0.15) is 18.4 Å². The Morgan fingerprint density at radius 3 is 2.86 bits per heavy atom. The molecule has 2 nitrogen and oxygen atoms in total. The Balaban J connectivity index is 3.00. The second-order valence-corrected chi connectivity index (χ2v) is 3.35. The van der Waals surface area contributed by atoms with Crippen molar-refractivity contribution < 1.29 is 9.84 Å². The molecule has 0 aliphatic rings. The molecule has 1 rings (SSSR count). The Hall–Kier alpha value is -0.730. The van der Waals surface area contributed by atoms with E-state index >= 15 is 0 Å². The van der Waals surface area contributed by atoms with E-state index in [2.05, 4.69) is 6.92 Å². The molecule has 0 aromatic heterocycles. The third kappa shape index (κ3) is 2.40. The van der Waals surface area contributed by atoms with Gasteiger partial charge in [-0.1, -0.05) is 23.7 Å². The molecule has 77 valence electrons.